The monoisotopic (exact) mass is 598 g/mol. The Balaban J connectivity index is 1.09. The Morgan fingerprint density at radius 3 is 0.978 bits per heavy atom. The van der Waals surface area contributed by atoms with Gasteiger partial charge in [0.25, 0.3) is 0 Å². The highest BCUT2D eigenvalue weighted by atomic mass is 15.9. The lowest BCUT2D eigenvalue weighted by atomic mass is 10.0. The van der Waals surface area contributed by atoms with E-state index >= 15 is 0 Å². The van der Waals surface area contributed by atoms with Crippen molar-refractivity contribution >= 4 is 34.4 Å². The molecule has 0 atom stereocenters. The highest BCUT2D eigenvalue weighted by Gasteiger charge is 2.30. The molecule has 0 spiro atoms. The second-order valence-electron chi connectivity index (χ2n) is 10.8. The van der Waals surface area contributed by atoms with Crippen molar-refractivity contribution in [1.29, 1.82) is 0 Å². The number of hydrazine groups is 4. The van der Waals surface area contributed by atoms with Crippen LogP contribution in [-0.4, -0.2) is 11.7 Å². The highest BCUT2D eigenvalue weighted by molar-refractivity contribution is 6.13. The van der Waals surface area contributed by atoms with Crippen molar-refractivity contribution in [2.45, 2.75) is 0 Å². The lowest BCUT2D eigenvalue weighted by Gasteiger charge is -2.31. The Bertz CT molecular complexity index is 1830. The number of hydrogen-bond acceptors (Lipinski definition) is 8. The molecule has 0 fully saturated rings. The van der Waals surface area contributed by atoms with Gasteiger partial charge in [0, 0.05) is 11.1 Å². The number of amidine groups is 2. The molecule has 0 saturated heterocycles. The molecule has 2 aliphatic heterocycles. The van der Waals surface area contributed by atoms with Gasteiger partial charge in [-0.15, -0.1) is 10.2 Å². The van der Waals surface area contributed by atoms with Crippen LogP contribution in [0.5, 0.6) is 0 Å². The van der Waals surface area contributed by atoms with Gasteiger partial charge in [0.1, 0.15) is 0 Å². The molecule has 0 aliphatic carbocycles. The fourth-order valence-electron chi connectivity index (χ4n) is 5.66. The molecule has 222 valence electrons. The molecule has 2 N–H and O–H groups in total. The van der Waals surface area contributed by atoms with E-state index in [1.807, 2.05) is 83.0 Å². The summed E-state index contributed by atoms with van der Waals surface area (Å²) in [6, 6.07) is 57.9. The zero-order valence-corrected chi connectivity index (χ0v) is 24.8. The van der Waals surface area contributed by atoms with E-state index < -0.39 is 0 Å². The van der Waals surface area contributed by atoms with Crippen LogP contribution in [0.2, 0.25) is 0 Å². The van der Waals surface area contributed by atoms with Crippen molar-refractivity contribution in [3.63, 3.8) is 0 Å². The zero-order chi connectivity index (χ0) is 30.7. The molecule has 0 unspecified atom stereocenters. The van der Waals surface area contributed by atoms with Crippen molar-refractivity contribution in [3.8, 4) is 11.1 Å². The Morgan fingerprint density at radius 1 is 0.304 bits per heavy atom. The van der Waals surface area contributed by atoms with Gasteiger partial charge < -0.3 is 0 Å². The van der Waals surface area contributed by atoms with Gasteiger partial charge in [-0.25, -0.2) is 10.0 Å². The Morgan fingerprint density at radius 2 is 0.630 bits per heavy atom. The standard InChI is InChI=1S/C38H30N8/c1-5-13-31(14-6-1)37-39-41-45(35-17-9-3-10-18-35)43(37)33-25-21-29(22-26-33)30-23-27-34(28-24-30)44-38(32-15-7-2-8-16-32)40-42-46(44)36-19-11-4-12-20-36/h1-28,41-42H. The van der Waals surface area contributed by atoms with Gasteiger partial charge in [-0.3, -0.25) is 0 Å². The average Bonchev–Trinajstić information content (AvgIpc) is 3.79. The lowest BCUT2D eigenvalue weighted by molar-refractivity contribution is 0.723. The molecular weight excluding hydrogens is 568 g/mol. The molecule has 8 nitrogen and oxygen atoms in total. The van der Waals surface area contributed by atoms with E-state index in [9.17, 15) is 0 Å². The molecule has 0 radical (unpaired) electrons. The fraction of sp³-hybridized carbons (Fsp3) is 0. The summed E-state index contributed by atoms with van der Waals surface area (Å²) >= 11 is 0. The molecule has 0 amide bonds. The quantitative estimate of drug-likeness (QED) is 0.198. The third-order valence-electron chi connectivity index (χ3n) is 7.93. The van der Waals surface area contributed by atoms with Crippen LogP contribution in [0.3, 0.4) is 0 Å². The first-order valence-corrected chi connectivity index (χ1v) is 15.1. The third kappa shape index (κ3) is 5.03. The number of benzene rings is 6. The van der Waals surface area contributed by atoms with Gasteiger partial charge in [0.05, 0.1) is 22.7 Å². The second-order valence-corrected chi connectivity index (χ2v) is 10.8. The normalized spacial score (nSPS) is 14.1. The van der Waals surface area contributed by atoms with Gasteiger partial charge in [-0.1, -0.05) is 121 Å². The number of hydrazone groups is 2. The van der Waals surface area contributed by atoms with Crippen LogP contribution < -0.4 is 31.3 Å². The van der Waals surface area contributed by atoms with Crippen LogP contribution in [0, 0.1) is 0 Å². The summed E-state index contributed by atoms with van der Waals surface area (Å²) in [5.74, 6) is 1.64. The number of hydrogen-bond donors (Lipinski definition) is 2. The number of nitrogens with zero attached hydrogens (tertiary/aromatic N) is 6. The maximum atomic E-state index is 4.70. The maximum Gasteiger partial charge on any atom is 0.182 e. The van der Waals surface area contributed by atoms with Crippen molar-refractivity contribution in [1.82, 2.24) is 11.1 Å². The van der Waals surface area contributed by atoms with E-state index in [1.165, 1.54) is 0 Å². The van der Waals surface area contributed by atoms with Crippen LogP contribution in [0.25, 0.3) is 11.1 Å². The van der Waals surface area contributed by atoms with Crippen molar-refractivity contribution in [3.05, 3.63) is 181 Å². The van der Waals surface area contributed by atoms with E-state index in [0.29, 0.717) is 0 Å². The predicted molar refractivity (Wildman–Crippen MR) is 187 cm³/mol. The van der Waals surface area contributed by atoms with Crippen LogP contribution in [0.1, 0.15) is 11.1 Å². The number of anilines is 4. The Kier molecular flexibility index (Phi) is 6.97. The summed E-state index contributed by atoms with van der Waals surface area (Å²) in [4.78, 5) is 0. The maximum absolute atomic E-state index is 4.70. The third-order valence-corrected chi connectivity index (χ3v) is 7.93. The molecule has 8 rings (SSSR count). The molecule has 6 aromatic carbocycles. The van der Waals surface area contributed by atoms with Gasteiger partial charge in [0.2, 0.25) is 0 Å². The van der Waals surface area contributed by atoms with Gasteiger partial charge in [-0.2, -0.15) is 21.3 Å². The van der Waals surface area contributed by atoms with Crippen LogP contribution in [0.15, 0.2) is 180 Å². The molecule has 0 bridgehead atoms. The van der Waals surface area contributed by atoms with Gasteiger partial charge >= 0.3 is 0 Å². The summed E-state index contributed by atoms with van der Waals surface area (Å²) < 4.78 is 0. The van der Waals surface area contributed by atoms with Crippen molar-refractivity contribution < 1.29 is 0 Å². The number of rotatable bonds is 7. The summed E-state index contributed by atoms with van der Waals surface area (Å²) in [6.45, 7) is 0. The summed E-state index contributed by atoms with van der Waals surface area (Å²) in [5.41, 5.74) is 14.6. The van der Waals surface area contributed by atoms with Crippen LogP contribution in [0.4, 0.5) is 22.7 Å². The molecule has 8 heteroatoms. The molecule has 0 aromatic heterocycles. The lowest BCUT2D eigenvalue weighted by Crippen LogP contribution is -2.46. The van der Waals surface area contributed by atoms with Crippen molar-refractivity contribution in [2.75, 3.05) is 20.3 Å². The zero-order valence-electron chi connectivity index (χ0n) is 24.8. The van der Waals surface area contributed by atoms with Crippen LogP contribution >= 0.6 is 0 Å². The molecule has 6 aromatic rings. The first-order chi connectivity index (χ1) is 22.8. The van der Waals surface area contributed by atoms with E-state index in [-0.39, 0.29) is 0 Å². The topological polar surface area (TPSA) is 61.7 Å². The SMILES string of the molecule is c1ccc(C2=NNN(c3ccccc3)N2c2ccc(-c3ccc(N4C(c5ccccc5)=NNN4c4ccccc4)cc3)cc2)cc1. The Hall–Kier alpha value is -6.54. The number of nitrogens with one attached hydrogen (secondary N) is 2. The fourth-order valence-corrected chi connectivity index (χ4v) is 5.66. The summed E-state index contributed by atoms with van der Waals surface area (Å²) in [6.07, 6.45) is 0. The molecule has 0 saturated carbocycles. The second kappa shape index (κ2) is 11.9. The predicted octanol–water partition coefficient (Wildman–Crippen LogP) is 7.57. The van der Waals surface area contributed by atoms with Crippen molar-refractivity contribution in [2.24, 2.45) is 10.2 Å². The number of para-hydroxylation sites is 2. The first-order valence-electron chi connectivity index (χ1n) is 15.1. The van der Waals surface area contributed by atoms with Gasteiger partial charge in [0.15, 0.2) is 11.7 Å². The first kappa shape index (κ1) is 27.0. The van der Waals surface area contributed by atoms with E-state index in [2.05, 4.69) is 118 Å². The summed E-state index contributed by atoms with van der Waals surface area (Å²) in [5, 5.41) is 17.5. The molecular formula is C38H30N8. The minimum atomic E-state index is 0.819. The van der Waals surface area contributed by atoms with E-state index in [1.54, 1.807) is 0 Å². The summed E-state index contributed by atoms with van der Waals surface area (Å²) in [7, 11) is 0. The Labute approximate surface area is 267 Å². The van der Waals surface area contributed by atoms with Crippen LogP contribution in [-0.2, 0) is 0 Å². The van der Waals surface area contributed by atoms with Gasteiger partial charge in [-0.05, 0) is 59.7 Å². The highest BCUT2D eigenvalue weighted by Crippen LogP contribution is 2.32. The molecule has 2 aliphatic rings. The van der Waals surface area contributed by atoms with E-state index in [4.69, 9.17) is 10.2 Å². The largest absolute Gasteiger partial charge is 0.213 e. The smallest absolute Gasteiger partial charge is 0.182 e. The average molecular weight is 599 g/mol. The van der Waals surface area contributed by atoms with E-state index in [0.717, 1.165) is 56.7 Å². The molecule has 2 heterocycles. The minimum absolute atomic E-state index is 0.819. The minimum Gasteiger partial charge on any atom is -0.213 e. The molecule has 46 heavy (non-hydrogen) atoms.